The summed E-state index contributed by atoms with van der Waals surface area (Å²) in [6, 6.07) is -0.617. The molecule has 0 aromatic heterocycles. The molecular formula is C51H101NO3. The van der Waals surface area contributed by atoms with Crippen LogP contribution in [0.2, 0.25) is 0 Å². The second-order valence-electron chi connectivity index (χ2n) is 17.6. The van der Waals surface area contributed by atoms with E-state index in [4.69, 9.17) is 0 Å². The van der Waals surface area contributed by atoms with Gasteiger partial charge in [0.1, 0.15) is 0 Å². The summed E-state index contributed by atoms with van der Waals surface area (Å²) in [6.45, 7) is 4.34. The van der Waals surface area contributed by atoms with E-state index in [1.54, 1.807) is 6.08 Å². The quantitative estimate of drug-likeness (QED) is 0.0426. The van der Waals surface area contributed by atoms with Crippen molar-refractivity contribution in [2.75, 3.05) is 6.61 Å². The lowest BCUT2D eigenvalue weighted by Gasteiger charge is -2.20. The van der Waals surface area contributed by atoms with Gasteiger partial charge in [-0.2, -0.15) is 0 Å². The molecule has 0 aromatic rings. The van der Waals surface area contributed by atoms with Crippen LogP contribution in [0.4, 0.5) is 0 Å². The number of allylic oxidation sites excluding steroid dienone is 1. The lowest BCUT2D eigenvalue weighted by Crippen LogP contribution is -2.45. The largest absolute Gasteiger partial charge is 0.394 e. The van der Waals surface area contributed by atoms with Crippen molar-refractivity contribution in [2.45, 2.75) is 302 Å². The van der Waals surface area contributed by atoms with Gasteiger partial charge in [0.2, 0.25) is 5.91 Å². The van der Waals surface area contributed by atoms with Crippen molar-refractivity contribution >= 4 is 5.91 Å². The van der Waals surface area contributed by atoms with Crippen LogP contribution in [-0.4, -0.2) is 34.9 Å². The van der Waals surface area contributed by atoms with E-state index in [9.17, 15) is 15.0 Å². The molecule has 2 atom stereocenters. The predicted molar refractivity (Wildman–Crippen MR) is 244 cm³/mol. The highest BCUT2D eigenvalue weighted by Gasteiger charge is 2.18. The van der Waals surface area contributed by atoms with Crippen LogP contribution in [-0.2, 0) is 4.79 Å². The van der Waals surface area contributed by atoms with Gasteiger partial charge in [-0.15, -0.1) is 0 Å². The van der Waals surface area contributed by atoms with E-state index < -0.39 is 12.1 Å². The Balaban J connectivity index is 3.47. The first-order chi connectivity index (χ1) is 27.2. The Morgan fingerprint density at radius 1 is 0.418 bits per heavy atom. The molecule has 4 nitrogen and oxygen atoms in total. The Morgan fingerprint density at radius 2 is 0.673 bits per heavy atom. The van der Waals surface area contributed by atoms with E-state index in [-0.39, 0.29) is 12.5 Å². The number of hydrogen-bond acceptors (Lipinski definition) is 3. The zero-order valence-electron chi connectivity index (χ0n) is 37.7. The monoisotopic (exact) mass is 776 g/mol. The Labute approximate surface area is 346 Å². The molecule has 0 heterocycles. The van der Waals surface area contributed by atoms with E-state index in [1.807, 2.05) is 6.08 Å². The zero-order chi connectivity index (χ0) is 40.0. The molecule has 0 spiro atoms. The van der Waals surface area contributed by atoms with Crippen molar-refractivity contribution in [2.24, 2.45) is 0 Å². The van der Waals surface area contributed by atoms with Crippen molar-refractivity contribution < 1.29 is 15.0 Å². The van der Waals surface area contributed by atoms with Crippen LogP contribution in [0, 0.1) is 0 Å². The van der Waals surface area contributed by atoms with E-state index in [2.05, 4.69) is 19.2 Å². The maximum atomic E-state index is 12.4. The summed E-state index contributed by atoms with van der Waals surface area (Å²) < 4.78 is 0. The summed E-state index contributed by atoms with van der Waals surface area (Å²) in [4.78, 5) is 12.4. The molecular weight excluding hydrogens is 675 g/mol. The summed E-state index contributed by atoms with van der Waals surface area (Å²) in [7, 11) is 0. The summed E-state index contributed by atoms with van der Waals surface area (Å²) >= 11 is 0. The van der Waals surface area contributed by atoms with E-state index in [1.165, 1.54) is 244 Å². The highest BCUT2D eigenvalue weighted by atomic mass is 16.3. The molecule has 1 amide bonds. The van der Waals surface area contributed by atoms with Crippen molar-refractivity contribution in [3.63, 3.8) is 0 Å². The lowest BCUT2D eigenvalue weighted by atomic mass is 10.0. The number of amides is 1. The smallest absolute Gasteiger partial charge is 0.220 e. The van der Waals surface area contributed by atoms with Crippen LogP contribution >= 0.6 is 0 Å². The minimum atomic E-state index is -0.834. The summed E-state index contributed by atoms with van der Waals surface area (Å²) in [5, 5.41) is 23.1. The highest BCUT2D eigenvalue weighted by Crippen LogP contribution is 2.17. The lowest BCUT2D eigenvalue weighted by molar-refractivity contribution is -0.123. The van der Waals surface area contributed by atoms with Gasteiger partial charge in [-0.05, 0) is 19.3 Å². The van der Waals surface area contributed by atoms with Gasteiger partial charge >= 0.3 is 0 Å². The molecule has 0 saturated heterocycles. The first-order valence-electron chi connectivity index (χ1n) is 25.4. The Bertz CT molecular complexity index is 754. The van der Waals surface area contributed by atoms with Gasteiger partial charge in [0.25, 0.3) is 0 Å². The number of nitrogens with one attached hydrogen (secondary N) is 1. The minimum absolute atomic E-state index is 0.0579. The first-order valence-corrected chi connectivity index (χ1v) is 25.4. The maximum Gasteiger partial charge on any atom is 0.220 e. The Kier molecular flexibility index (Phi) is 46.8. The zero-order valence-corrected chi connectivity index (χ0v) is 37.7. The van der Waals surface area contributed by atoms with Crippen LogP contribution in [0.3, 0.4) is 0 Å². The fourth-order valence-electron chi connectivity index (χ4n) is 8.12. The number of rotatable bonds is 47. The van der Waals surface area contributed by atoms with Gasteiger partial charge < -0.3 is 15.5 Å². The van der Waals surface area contributed by atoms with Crippen LogP contribution in [0.1, 0.15) is 290 Å². The topological polar surface area (TPSA) is 69.6 Å². The third-order valence-corrected chi connectivity index (χ3v) is 12.0. The molecule has 2 unspecified atom stereocenters. The molecule has 0 aliphatic carbocycles. The molecule has 4 heteroatoms. The van der Waals surface area contributed by atoms with Crippen molar-refractivity contribution in [3.8, 4) is 0 Å². The molecule has 0 radical (unpaired) electrons. The van der Waals surface area contributed by atoms with Crippen molar-refractivity contribution in [3.05, 3.63) is 12.2 Å². The van der Waals surface area contributed by atoms with Crippen LogP contribution < -0.4 is 5.32 Å². The Hall–Kier alpha value is -0.870. The average molecular weight is 776 g/mol. The highest BCUT2D eigenvalue weighted by molar-refractivity contribution is 5.76. The summed E-state index contributed by atoms with van der Waals surface area (Å²) in [6.07, 6.45) is 60.6. The van der Waals surface area contributed by atoms with E-state index in [0.717, 1.165) is 25.7 Å². The molecule has 3 N–H and O–H groups in total. The molecule has 0 rings (SSSR count). The fraction of sp³-hybridized carbons (Fsp3) is 0.941. The average Bonchev–Trinajstić information content (AvgIpc) is 3.19. The third-order valence-electron chi connectivity index (χ3n) is 12.0. The molecule has 0 saturated carbocycles. The standard InChI is InChI=1S/C51H101NO3/c1-3-5-7-9-11-13-15-17-19-21-22-23-24-25-26-27-28-29-31-32-34-36-38-40-42-44-46-50(54)49(48-53)52-51(55)47-45-43-41-39-37-35-33-30-20-18-16-14-12-10-8-6-4-2/h44,46,49-50,53-54H,3-43,45,47-48H2,1-2H3,(H,52,55)/b46-44+. The van der Waals surface area contributed by atoms with Gasteiger partial charge in [0.15, 0.2) is 0 Å². The second kappa shape index (κ2) is 47.5. The van der Waals surface area contributed by atoms with Gasteiger partial charge in [0.05, 0.1) is 18.8 Å². The second-order valence-corrected chi connectivity index (χ2v) is 17.6. The molecule has 0 aliphatic heterocycles. The van der Waals surface area contributed by atoms with Gasteiger partial charge in [-0.1, -0.05) is 276 Å². The molecule has 0 bridgehead atoms. The van der Waals surface area contributed by atoms with Crippen molar-refractivity contribution in [1.82, 2.24) is 5.32 Å². The summed E-state index contributed by atoms with van der Waals surface area (Å²) in [5.41, 5.74) is 0. The number of unbranched alkanes of at least 4 members (excludes halogenated alkanes) is 40. The number of carbonyl (C=O) groups excluding carboxylic acids is 1. The fourth-order valence-corrected chi connectivity index (χ4v) is 8.12. The third kappa shape index (κ3) is 44.1. The Morgan fingerprint density at radius 3 is 0.945 bits per heavy atom. The van der Waals surface area contributed by atoms with Crippen molar-refractivity contribution in [1.29, 1.82) is 0 Å². The normalized spacial score (nSPS) is 12.9. The van der Waals surface area contributed by atoms with Gasteiger partial charge in [0, 0.05) is 6.42 Å². The van der Waals surface area contributed by atoms with Crippen LogP contribution in [0.15, 0.2) is 12.2 Å². The number of carbonyl (C=O) groups is 1. The molecule has 55 heavy (non-hydrogen) atoms. The molecule has 0 fully saturated rings. The number of aliphatic hydroxyl groups is 2. The SMILES string of the molecule is CCCCCCCCCCCCCCCCCCCCCCCCCC/C=C/C(O)C(CO)NC(=O)CCCCCCCCCCCCCCCCCCC. The van der Waals surface area contributed by atoms with Crippen LogP contribution in [0.5, 0.6) is 0 Å². The summed E-state index contributed by atoms with van der Waals surface area (Å²) in [5.74, 6) is -0.0579. The molecule has 0 aromatic carbocycles. The predicted octanol–water partition coefficient (Wildman–Crippen LogP) is 16.2. The molecule has 328 valence electrons. The van der Waals surface area contributed by atoms with Gasteiger partial charge in [-0.3, -0.25) is 4.79 Å². The minimum Gasteiger partial charge on any atom is -0.394 e. The van der Waals surface area contributed by atoms with Crippen LogP contribution in [0.25, 0.3) is 0 Å². The first kappa shape index (κ1) is 54.1. The van der Waals surface area contributed by atoms with Gasteiger partial charge in [-0.25, -0.2) is 0 Å². The van der Waals surface area contributed by atoms with E-state index in [0.29, 0.717) is 6.42 Å². The maximum absolute atomic E-state index is 12.4. The van der Waals surface area contributed by atoms with E-state index >= 15 is 0 Å². The molecule has 0 aliphatic rings. The number of hydrogen-bond donors (Lipinski definition) is 3. The number of aliphatic hydroxyl groups excluding tert-OH is 2.